The SMILES string of the molecule is [Cl-].[Cl-].[Sn+2].[c]1ccc2c3c(ccc(Sc4ccccc4)c13)CC2.[c]1ccc2c3c(ccc(Sc4ccccc4)c13)CC2. The third-order valence-corrected chi connectivity index (χ3v) is 9.58. The van der Waals surface area contributed by atoms with Crippen LogP contribution in [0.4, 0.5) is 0 Å². The van der Waals surface area contributed by atoms with Crippen LogP contribution in [0.15, 0.2) is 129 Å². The monoisotopic (exact) mass is 712 g/mol. The van der Waals surface area contributed by atoms with Gasteiger partial charge >= 0.3 is 23.9 Å². The summed E-state index contributed by atoms with van der Waals surface area (Å²) >= 11 is 3.66. The maximum absolute atomic E-state index is 3.44. The molecule has 2 aliphatic rings. The molecular weight excluding hydrogens is 686 g/mol. The first-order chi connectivity index (χ1) is 18.8. The van der Waals surface area contributed by atoms with Crippen molar-refractivity contribution in [1.29, 1.82) is 0 Å². The molecule has 8 rings (SSSR count). The molecule has 0 spiro atoms. The number of hydrogen-bond donors (Lipinski definition) is 0. The average molecular weight is 712 g/mol. The Morgan fingerprint density at radius 3 is 1.20 bits per heavy atom. The second-order valence-electron chi connectivity index (χ2n) is 9.78. The number of aryl methyl sites for hydroxylation is 4. The molecule has 0 nitrogen and oxygen atoms in total. The first-order valence-electron chi connectivity index (χ1n) is 13.2. The number of benzene rings is 6. The zero-order valence-corrected chi connectivity index (χ0v) is 28.3. The molecule has 41 heavy (non-hydrogen) atoms. The van der Waals surface area contributed by atoms with Crippen LogP contribution in [0.5, 0.6) is 0 Å². The second kappa shape index (κ2) is 14.4. The summed E-state index contributed by atoms with van der Waals surface area (Å²) in [5, 5.41) is 5.48. The van der Waals surface area contributed by atoms with Crippen molar-refractivity contribution in [2.75, 3.05) is 0 Å². The molecule has 0 fully saturated rings. The summed E-state index contributed by atoms with van der Waals surface area (Å²) in [5.41, 5.74) is 5.94. The van der Waals surface area contributed by atoms with Gasteiger partial charge in [0.05, 0.1) is 0 Å². The van der Waals surface area contributed by atoms with E-state index in [0.29, 0.717) is 0 Å². The molecule has 0 saturated heterocycles. The quantitative estimate of drug-likeness (QED) is 0.258. The Morgan fingerprint density at radius 2 is 0.805 bits per heavy atom. The Labute approximate surface area is 280 Å². The minimum absolute atomic E-state index is 0. The van der Waals surface area contributed by atoms with E-state index in [1.807, 2.05) is 23.5 Å². The summed E-state index contributed by atoms with van der Waals surface area (Å²) < 4.78 is 0. The predicted octanol–water partition coefficient (Wildman–Crippen LogP) is 3.41. The molecule has 200 valence electrons. The van der Waals surface area contributed by atoms with Crippen molar-refractivity contribution in [2.24, 2.45) is 0 Å². The molecule has 5 heteroatoms. The molecule has 0 aliphatic heterocycles. The van der Waals surface area contributed by atoms with Gasteiger partial charge in [0.1, 0.15) is 0 Å². The molecule has 0 aromatic heterocycles. The average Bonchev–Trinajstić information content (AvgIpc) is 3.60. The van der Waals surface area contributed by atoms with E-state index < -0.39 is 0 Å². The van der Waals surface area contributed by atoms with Crippen molar-refractivity contribution in [3.63, 3.8) is 0 Å². The minimum Gasteiger partial charge on any atom is -1.00 e. The van der Waals surface area contributed by atoms with Gasteiger partial charge in [0.2, 0.25) is 0 Å². The van der Waals surface area contributed by atoms with E-state index in [1.165, 1.54) is 89.1 Å². The molecular formula is C36H26Cl2S2Sn. The molecule has 0 unspecified atom stereocenters. The van der Waals surface area contributed by atoms with Crippen LogP contribution < -0.4 is 24.8 Å². The zero-order chi connectivity index (χ0) is 25.3. The van der Waals surface area contributed by atoms with Gasteiger partial charge < -0.3 is 24.8 Å². The van der Waals surface area contributed by atoms with Crippen molar-refractivity contribution >= 4 is 69.0 Å². The minimum atomic E-state index is 0. The van der Waals surface area contributed by atoms with Crippen molar-refractivity contribution in [2.45, 2.75) is 45.3 Å². The standard InChI is InChI=1S/2C18H13S.2ClH.Sn/c2*1-2-6-15(7-3-1)19-17-12-11-14-10-9-13-5-4-8-16(17)18(13)14;;;/h2*1-7,11-12H,9-10H2;2*1H;/q;;;;+2/p-2. The Hall–Kier alpha value is -2.08. The van der Waals surface area contributed by atoms with E-state index in [1.54, 1.807) is 0 Å². The molecule has 0 atom stereocenters. The zero-order valence-electron chi connectivity index (χ0n) is 22.3. The normalized spacial score (nSPS) is 12.1. The van der Waals surface area contributed by atoms with Gasteiger partial charge in [-0.15, -0.1) is 0 Å². The third-order valence-electron chi connectivity index (χ3n) is 7.44. The van der Waals surface area contributed by atoms with Crippen LogP contribution in [-0.4, -0.2) is 23.9 Å². The summed E-state index contributed by atoms with van der Waals surface area (Å²) in [5.74, 6) is 0. The number of halogens is 2. The van der Waals surface area contributed by atoms with E-state index in [2.05, 4.69) is 121 Å². The fourth-order valence-corrected chi connectivity index (χ4v) is 7.56. The van der Waals surface area contributed by atoms with E-state index >= 15 is 0 Å². The first kappa shape index (κ1) is 31.8. The van der Waals surface area contributed by atoms with Crippen molar-refractivity contribution < 1.29 is 24.8 Å². The Morgan fingerprint density at radius 1 is 0.439 bits per heavy atom. The largest absolute Gasteiger partial charge is 2.00 e. The fraction of sp³-hybridized carbons (Fsp3) is 0.111. The van der Waals surface area contributed by atoms with Gasteiger partial charge in [-0.1, -0.05) is 96.3 Å². The molecule has 0 bridgehead atoms. The van der Waals surface area contributed by atoms with Crippen LogP contribution in [0.25, 0.3) is 21.5 Å². The second-order valence-corrected chi connectivity index (χ2v) is 12.0. The summed E-state index contributed by atoms with van der Waals surface area (Å²) in [6.07, 6.45) is 4.72. The number of rotatable bonds is 4. The van der Waals surface area contributed by atoms with Gasteiger partial charge in [0.25, 0.3) is 0 Å². The van der Waals surface area contributed by atoms with E-state index in [-0.39, 0.29) is 48.7 Å². The van der Waals surface area contributed by atoms with Crippen LogP contribution in [0.2, 0.25) is 0 Å². The molecule has 0 amide bonds. The third kappa shape index (κ3) is 6.63. The van der Waals surface area contributed by atoms with Gasteiger partial charge in [-0.2, -0.15) is 0 Å². The topological polar surface area (TPSA) is 0 Å². The van der Waals surface area contributed by atoms with Gasteiger partial charge in [-0.3, -0.25) is 0 Å². The summed E-state index contributed by atoms with van der Waals surface area (Å²) in [6, 6.07) is 45.7. The van der Waals surface area contributed by atoms with Crippen LogP contribution in [0.1, 0.15) is 22.3 Å². The molecule has 0 heterocycles. The van der Waals surface area contributed by atoms with Crippen LogP contribution >= 0.6 is 23.5 Å². The van der Waals surface area contributed by atoms with Gasteiger partial charge in [-0.05, 0) is 107 Å². The van der Waals surface area contributed by atoms with Crippen molar-refractivity contribution in [1.82, 2.24) is 0 Å². The summed E-state index contributed by atoms with van der Waals surface area (Å²) in [7, 11) is 0. The van der Waals surface area contributed by atoms with Gasteiger partial charge in [-0.25, -0.2) is 0 Å². The van der Waals surface area contributed by atoms with Gasteiger partial charge in [0, 0.05) is 30.4 Å². The maximum atomic E-state index is 3.44. The summed E-state index contributed by atoms with van der Waals surface area (Å²) in [6.45, 7) is 0. The van der Waals surface area contributed by atoms with Crippen LogP contribution in [0, 0.1) is 12.1 Å². The predicted molar refractivity (Wildman–Crippen MR) is 167 cm³/mol. The fourth-order valence-electron chi connectivity index (χ4n) is 5.66. The first-order valence-corrected chi connectivity index (χ1v) is 14.8. The van der Waals surface area contributed by atoms with Gasteiger partial charge in [0.15, 0.2) is 0 Å². The van der Waals surface area contributed by atoms with E-state index in [4.69, 9.17) is 0 Å². The molecule has 0 N–H and O–H groups in total. The molecule has 0 saturated carbocycles. The molecule has 6 aromatic carbocycles. The van der Waals surface area contributed by atoms with Crippen LogP contribution in [-0.2, 0) is 25.7 Å². The molecule has 4 radical (unpaired) electrons. The Kier molecular flexibility index (Phi) is 11.2. The van der Waals surface area contributed by atoms with E-state index in [0.717, 1.165) is 0 Å². The van der Waals surface area contributed by atoms with E-state index in [9.17, 15) is 0 Å². The summed E-state index contributed by atoms with van der Waals surface area (Å²) in [4.78, 5) is 5.20. The maximum Gasteiger partial charge on any atom is 2.00 e. The Bertz CT molecular complexity index is 1620. The smallest absolute Gasteiger partial charge is 1.00 e. The van der Waals surface area contributed by atoms with Crippen molar-refractivity contribution in [3.8, 4) is 0 Å². The molecule has 2 aliphatic carbocycles. The Balaban J connectivity index is 0.000000176. The molecule has 6 aromatic rings. The van der Waals surface area contributed by atoms with Crippen molar-refractivity contribution in [3.05, 3.63) is 144 Å². The van der Waals surface area contributed by atoms with Crippen LogP contribution in [0.3, 0.4) is 0 Å². The number of hydrogen-bond acceptors (Lipinski definition) is 2.